The Hall–Kier alpha value is -3.68. The van der Waals surface area contributed by atoms with Crippen LogP contribution >= 0.6 is 11.6 Å². The molecule has 13 heteroatoms. The zero-order valence-corrected chi connectivity index (χ0v) is 21.5. The van der Waals surface area contributed by atoms with Crippen molar-refractivity contribution in [1.82, 2.24) is 35.6 Å². The van der Waals surface area contributed by atoms with Gasteiger partial charge in [-0.1, -0.05) is 73.5 Å². The molecule has 38 heavy (non-hydrogen) atoms. The van der Waals surface area contributed by atoms with Gasteiger partial charge in [-0.2, -0.15) is 5.21 Å². The minimum atomic E-state index is -0.574. The number of benzene rings is 2. The molecule has 0 fully saturated rings. The van der Waals surface area contributed by atoms with Crippen molar-refractivity contribution in [3.63, 3.8) is 0 Å². The van der Waals surface area contributed by atoms with E-state index in [0.29, 0.717) is 18.1 Å². The normalized spacial score (nSPS) is 11.3. The standard InChI is InChI=1S/C25H28ClN7O5/c1-2-3-8-22-27-24(26)21(16-37-23(34)13-14-38-33(35)36)32(22)15-17-9-11-18(12-10-17)19-6-4-5-7-20(19)25-28-30-31-29-25/h4-7,9-12,35-36H,2-3,8,13-16H2,1H3,(H,28,29,30,31). The van der Waals surface area contributed by atoms with Crippen LogP contribution in [0.4, 0.5) is 0 Å². The van der Waals surface area contributed by atoms with Gasteiger partial charge in [-0.3, -0.25) is 20.0 Å². The molecule has 200 valence electrons. The minimum absolute atomic E-state index is 0.0745. The molecular weight excluding hydrogens is 514 g/mol. The second-order valence-electron chi connectivity index (χ2n) is 8.43. The topological polar surface area (TPSA) is 152 Å². The summed E-state index contributed by atoms with van der Waals surface area (Å²) >= 11 is 6.46. The van der Waals surface area contributed by atoms with Gasteiger partial charge >= 0.3 is 5.97 Å². The maximum atomic E-state index is 12.1. The van der Waals surface area contributed by atoms with E-state index in [9.17, 15) is 4.79 Å². The van der Waals surface area contributed by atoms with Gasteiger partial charge in [-0.05, 0) is 28.3 Å². The van der Waals surface area contributed by atoms with Crippen molar-refractivity contribution in [2.24, 2.45) is 0 Å². The van der Waals surface area contributed by atoms with Crippen molar-refractivity contribution in [3.8, 4) is 22.5 Å². The molecule has 0 unspecified atom stereocenters. The summed E-state index contributed by atoms with van der Waals surface area (Å²) in [4.78, 5) is 21.0. The van der Waals surface area contributed by atoms with Gasteiger partial charge in [0.1, 0.15) is 12.4 Å². The fourth-order valence-electron chi connectivity index (χ4n) is 3.96. The van der Waals surface area contributed by atoms with E-state index in [4.69, 9.17) is 26.8 Å². The molecule has 3 N–H and O–H groups in total. The largest absolute Gasteiger partial charge is 0.459 e. The summed E-state index contributed by atoms with van der Waals surface area (Å²) in [6.07, 6.45) is 2.50. The van der Waals surface area contributed by atoms with E-state index in [0.717, 1.165) is 47.3 Å². The van der Waals surface area contributed by atoms with Gasteiger partial charge in [0, 0.05) is 18.5 Å². The van der Waals surface area contributed by atoms with E-state index in [1.165, 1.54) is 0 Å². The molecule has 0 radical (unpaired) electrons. The van der Waals surface area contributed by atoms with E-state index in [2.05, 4.69) is 37.4 Å². The molecule has 4 aromatic rings. The first-order valence-corrected chi connectivity index (χ1v) is 12.5. The molecule has 0 saturated carbocycles. The Bertz CT molecular complexity index is 1330. The molecule has 0 amide bonds. The predicted molar refractivity (Wildman–Crippen MR) is 136 cm³/mol. The van der Waals surface area contributed by atoms with Gasteiger partial charge in [0.25, 0.3) is 0 Å². The van der Waals surface area contributed by atoms with Crippen molar-refractivity contribution in [2.45, 2.75) is 45.8 Å². The Balaban J connectivity index is 1.52. The fraction of sp³-hybridized carbons (Fsp3) is 0.320. The van der Waals surface area contributed by atoms with Gasteiger partial charge in [0.2, 0.25) is 5.82 Å². The van der Waals surface area contributed by atoms with E-state index in [1.54, 1.807) is 0 Å². The number of nitrogens with zero attached hydrogens (tertiary/aromatic N) is 6. The van der Waals surface area contributed by atoms with Gasteiger partial charge in [-0.15, -0.1) is 10.2 Å². The molecular formula is C25H28ClN7O5. The number of tetrazole rings is 1. The van der Waals surface area contributed by atoms with E-state index < -0.39 is 11.4 Å². The number of carbonyl (C=O) groups excluding carboxylic acids is 1. The second kappa shape index (κ2) is 13.2. The number of imidazole rings is 1. The number of hydrogen-bond acceptors (Lipinski definition) is 10. The highest BCUT2D eigenvalue weighted by molar-refractivity contribution is 6.30. The Morgan fingerprint density at radius 2 is 1.89 bits per heavy atom. The first-order valence-electron chi connectivity index (χ1n) is 12.1. The summed E-state index contributed by atoms with van der Waals surface area (Å²) in [6, 6.07) is 16.0. The van der Waals surface area contributed by atoms with Gasteiger partial charge in [0.15, 0.2) is 5.15 Å². The first kappa shape index (κ1) is 27.4. The molecule has 0 aliphatic carbocycles. The number of rotatable bonds is 13. The third-order valence-corrected chi connectivity index (χ3v) is 6.16. The molecule has 0 aliphatic heterocycles. The van der Waals surface area contributed by atoms with Crippen molar-refractivity contribution in [3.05, 3.63) is 70.8 Å². The lowest BCUT2D eigenvalue weighted by Gasteiger charge is -2.14. The smallest absolute Gasteiger partial charge is 0.308 e. The Morgan fingerprint density at radius 3 is 2.58 bits per heavy atom. The molecule has 2 aromatic carbocycles. The Labute approximate surface area is 223 Å². The number of aromatic amines is 1. The average Bonchev–Trinajstić information content (AvgIpc) is 3.55. The molecule has 0 aliphatic rings. The van der Waals surface area contributed by atoms with Crippen molar-refractivity contribution < 1.29 is 24.8 Å². The molecule has 12 nitrogen and oxygen atoms in total. The van der Waals surface area contributed by atoms with Crippen LogP contribution in [0.3, 0.4) is 0 Å². The summed E-state index contributed by atoms with van der Waals surface area (Å²) in [7, 11) is 0. The number of carbonyl (C=O) groups is 1. The lowest BCUT2D eigenvalue weighted by atomic mass is 9.98. The minimum Gasteiger partial charge on any atom is -0.459 e. The number of unbranched alkanes of at least 4 members (excludes halogenated alkanes) is 1. The lowest BCUT2D eigenvalue weighted by molar-refractivity contribution is -0.492. The van der Waals surface area contributed by atoms with Crippen molar-refractivity contribution >= 4 is 17.6 Å². The van der Waals surface area contributed by atoms with Crippen LogP contribution < -0.4 is 0 Å². The SMILES string of the molecule is CCCCc1nc(Cl)c(COC(=O)CCON(O)O)n1Cc1ccc(-c2ccccc2-c2nn[nH]n2)cc1. The van der Waals surface area contributed by atoms with Crippen LogP contribution in [0.25, 0.3) is 22.5 Å². The summed E-state index contributed by atoms with van der Waals surface area (Å²) in [5.74, 6) is 0.762. The van der Waals surface area contributed by atoms with Gasteiger partial charge in [0.05, 0.1) is 24.1 Å². The molecule has 0 bridgehead atoms. The molecule has 0 spiro atoms. The number of esters is 1. The monoisotopic (exact) mass is 541 g/mol. The van der Waals surface area contributed by atoms with Gasteiger partial charge in [-0.25, -0.2) is 4.98 Å². The van der Waals surface area contributed by atoms with Crippen LogP contribution in [-0.2, 0) is 33.9 Å². The third kappa shape index (κ3) is 7.00. The molecule has 0 atom stereocenters. The molecule has 4 rings (SSSR count). The number of halogens is 1. The highest BCUT2D eigenvalue weighted by atomic mass is 35.5. The number of hydrogen-bond donors (Lipinski definition) is 3. The number of nitrogens with one attached hydrogen (secondary N) is 1. The van der Waals surface area contributed by atoms with Crippen LogP contribution in [0, 0.1) is 0 Å². The number of H-pyrrole nitrogens is 1. The molecule has 0 saturated heterocycles. The molecule has 2 heterocycles. The van der Waals surface area contributed by atoms with Crippen LogP contribution in [-0.4, -0.2) is 58.6 Å². The third-order valence-electron chi connectivity index (χ3n) is 5.86. The average molecular weight is 542 g/mol. The zero-order chi connectivity index (χ0) is 26.9. The van der Waals surface area contributed by atoms with E-state index in [-0.39, 0.29) is 24.8 Å². The summed E-state index contributed by atoms with van der Waals surface area (Å²) < 4.78 is 7.33. The van der Waals surface area contributed by atoms with Crippen molar-refractivity contribution in [1.29, 1.82) is 0 Å². The summed E-state index contributed by atoms with van der Waals surface area (Å²) in [5.41, 5.74) is 4.47. The second-order valence-corrected chi connectivity index (χ2v) is 8.79. The number of aromatic nitrogens is 6. The predicted octanol–water partition coefficient (Wildman–Crippen LogP) is 4.22. The van der Waals surface area contributed by atoms with E-state index >= 15 is 0 Å². The zero-order valence-electron chi connectivity index (χ0n) is 20.7. The number of ether oxygens (including phenoxy) is 1. The van der Waals surface area contributed by atoms with Gasteiger partial charge < -0.3 is 9.30 Å². The quantitative estimate of drug-likeness (QED) is 0.166. The highest BCUT2D eigenvalue weighted by Crippen LogP contribution is 2.30. The maximum absolute atomic E-state index is 12.1. The fourth-order valence-corrected chi connectivity index (χ4v) is 4.22. The van der Waals surface area contributed by atoms with Crippen LogP contribution in [0.15, 0.2) is 48.5 Å². The molecule has 2 aromatic heterocycles. The first-order chi connectivity index (χ1) is 18.5. The highest BCUT2D eigenvalue weighted by Gasteiger charge is 2.18. The van der Waals surface area contributed by atoms with Crippen molar-refractivity contribution in [2.75, 3.05) is 6.61 Å². The maximum Gasteiger partial charge on any atom is 0.308 e. The lowest BCUT2D eigenvalue weighted by Crippen LogP contribution is -2.18. The Morgan fingerprint density at radius 1 is 1.13 bits per heavy atom. The summed E-state index contributed by atoms with van der Waals surface area (Å²) in [6.45, 7) is 2.27. The number of aryl methyl sites for hydroxylation is 1. The van der Waals surface area contributed by atoms with E-state index in [1.807, 2.05) is 53.1 Å². The summed E-state index contributed by atoms with van der Waals surface area (Å²) in [5, 5.41) is 31.4. The van der Waals surface area contributed by atoms with Crippen LogP contribution in [0.1, 0.15) is 43.3 Å². The van der Waals surface area contributed by atoms with Crippen LogP contribution in [0.5, 0.6) is 0 Å². The Kier molecular flexibility index (Phi) is 9.51. The van der Waals surface area contributed by atoms with Crippen LogP contribution in [0.2, 0.25) is 5.15 Å².